The van der Waals surface area contributed by atoms with Gasteiger partial charge in [-0.1, -0.05) is 18.2 Å². The summed E-state index contributed by atoms with van der Waals surface area (Å²) in [6, 6.07) is 8.54. The first-order valence-electron chi connectivity index (χ1n) is 12.6. The van der Waals surface area contributed by atoms with E-state index in [2.05, 4.69) is 10.3 Å². The number of aromatic nitrogens is 1. The Hall–Kier alpha value is -4.32. The molecule has 40 heavy (non-hydrogen) atoms. The van der Waals surface area contributed by atoms with Crippen LogP contribution in [0.1, 0.15) is 45.2 Å². The van der Waals surface area contributed by atoms with Crippen LogP contribution in [-0.4, -0.2) is 57.9 Å². The van der Waals surface area contributed by atoms with E-state index in [1.54, 1.807) is 39.0 Å². The highest BCUT2D eigenvalue weighted by molar-refractivity contribution is 6.06. The number of aliphatic hydroxyl groups excluding tert-OH is 1. The number of anilines is 1. The molecule has 0 unspecified atom stereocenters. The van der Waals surface area contributed by atoms with Crippen LogP contribution in [0.15, 0.2) is 48.3 Å². The maximum Gasteiger partial charge on any atom is 0.413 e. The molecule has 1 aromatic carbocycles. The number of carbonyl (C=O) groups is 4. The second-order valence-corrected chi connectivity index (χ2v) is 10.5. The minimum atomic E-state index is -0.952. The van der Waals surface area contributed by atoms with Crippen LogP contribution in [0.4, 0.5) is 15.0 Å². The lowest BCUT2D eigenvalue weighted by Crippen LogP contribution is -2.61. The van der Waals surface area contributed by atoms with Crippen LogP contribution in [0.3, 0.4) is 0 Å². The summed E-state index contributed by atoms with van der Waals surface area (Å²) in [6.45, 7) is 5.39. The minimum absolute atomic E-state index is 0.0814. The van der Waals surface area contributed by atoms with Crippen LogP contribution in [0.5, 0.6) is 0 Å². The second-order valence-electron chi connectivity index (χ2n) is 10.5. The number of aliphatic hydroxyl groups is 1. The van der Waals surface area contributed by atoms with Gasteiger partial charge in [-0.05, 0) is 63.5 Å². The van der Waals surface area contributed by atoms with Gasteiger partial charge >= 0.3 is 18.0 Å². The number of benzene rings is 1. The van der Waals surface area contributed by atoms with Gasteiger partial charge in [0.15, 0.2) is 0 Å². The molecular weight excluding hydrogens is 525 g/mol. The molecule has 0 spiro atoms. The molecule has 0 aliphatic carbocycles. The first kappa shape index (κ1) is 28.7. The van der Waals surface area contributed by atoms with Crippen LogP contribution in [0, 0.1) is 17.2 Å². The van der Waals surface area contributed by atoms with Crippen LogP contribution in [0.2, 0.25) is 0 Å². The highest BCUT2D eigenvalue weighted by atomic mass is 19.1. The van der Waals surface area contributed by atoms with E-state index < -0.39 is 60.0 Å². The van der Waals surface area contributed by atoms with Crippen molar-refractivity contribution >= 4 is 35.3 Å². The Labute approximate surface area is 229 Å². The number of halogens is 1. The monoisotopic (exact) mass is 555 g/mol. The van der Waals surface area contributed by atoms with Crippen molar-refractivity contribution in [1.82, 2.24) is 9.88 Å². The number of carbonyl (C=O) groups excluding carboxylic acids is 4. The first-order valence-corrected chi connectivity index (χ1v) is 12.6. The number of amides is 2. The molecule has 2 aliphatic heterocycles. The van der Waals surface area contributed by atoms with E-state index in [1.165, 1.54) is 36.2 Å². The van der Waals surface area contributed by atoms with E-state index in [1.807, 2.05) is 0 Å². The van der Waals surface area contributed by atoms with E-state index >= 15 is 4.39 Å². The fourth-order valence-corrected chi connectivity index (χ4v) is 4.51. The smallest absolute Gasteiger partial charge is 0.413 e. The van der Waals surface area contributed by atoms with Gasteiger partial charge in [-0.2, -0.15) is 0 Å². The van der Waals surface area contributed by atoms with Gasteiger partial charge < -0.3 is 24.2 Å². The maximum absolute atomic E-state index is 15.1. The number of ether oxygens (including phenoxy) is 3. The summed E-state index contributed by atoms with van der Waals surface area (Å²) in [5.74, 6) is -3.11. The Bertz CT molecular complexity index is 1350. The zero-order chi connectivity index (χ0) is 29.2. The van der Waals surface area contributed by atoms with Gasteiger partial charge in [-0.3, -0.25) is 14.9 Å². The van der Waals surface area contributed by atoms with Crippen molar-refractivity contribution in [3.8, 4) is 0 Å². The minimum Gasteiger partial charge on any atom is -0.444 e. The Kier molecular flexibility index (Phi) is 8.19. The molecule has 3 atom stereocenters. The fraction of sp³-hybridized carbons (Fsp3) is 0.393. The molecule has 0 saturated carbocycles. The van der Waals surface area contributed by atoms with E-state index in [4.69, 9.17) is 14.2 Å². The Morgan fingerprint density at radius 1 is 1.18 bits per heavy atom. The molecule has 212 valence electrons. The van der Waals surface area contributed by atoms with Gasteiger partial charge in [0.1, 0.15) is 23.9 Å². The summed E-state index contributed by atoms with van der Waals surface area (Å²) in [7, 11) is 0. The molecule has 11 nitrogen and oxygen atoms in total. The molecule has 1 fully saturated rings. The average Bonchev–Trinajstić information content (AvgIpc) is 3.22. The van der Waals surface area contributed by atoms with Crippen LogP contribution in [-0.2, 0) is 35.2 Å². The Morgan fingerprint density at radius 2 is 1.93 bits per heavy atom. The average molecular weight is 556 g/mol. The highest BCUT2D eigenvalue weighted by Crippen LogP contribution is 2.47. The number of fused-ring (bicyclic) bond motifs is 1. The van der Waals surface area contributed by atoms with Crippen molar-refractivity contribution in [3.63, 3.8) is 0 Å². The predicted octanol–water partition coefficient (Wildman–Crippen LogP) is 3.38. The summed E-state index contributed by atoms with van der Waals surface area (Å²) in [5.41, 5.74) is -0.179. The first-order chi connectivity index (χ1) is 18.9. The summed E-state index contributed by atoms with van der Waals surface area (Å²) in [6.07, 6.45) is -0.0972. The molecule has 0 bridgehead atoms. The Balaban J connectivity index is 1.51. The lowest BCUT2D eigenvalue weighted by atomic mass is 9.82. The van der Waals surface area contributed by atoms with Crippen LogP contribution >= 0.6 is 0 Å². The largest absolute Gasteiger partial charge is 0.444 e. The van der Waals surface area contributed by atoms with Crippen molar-refractivity contribution in [2.24, 2.45) is 11.3 Å². The van der Waals surface area contributed by atoms with E-state index in [-0.39, 0.29) is 30.1 Å². The third kappa shape index (κ3) is 5.96. The number of rotatable bonds is 8. The maximum atomic E-state index is 15.1. The number of pyridine rings is 1. The number of nitrogens with zero attached hydrogens (tertiary/aromatic N) is 2. The Morgan fingerprint density at radius 3 is 2.55 bits per heavy atom. The molecule has 2 amide bonds. The van der Waals surface area contributed by atoms with Crippen molar-refractivity contribution in [1.29, 1.82) is 0 Å². The number of hydrogen-bond donors (Lipinski definition) is 2. The lowest BCUT2D eigenvalue weighted by molar-refractivity contribution is -0.175. The van der Waals surface area contributed by atoms with Crippen LogP contribution in [0.25, 0.3) is 5.57 Å². The van der Waals surface area contributed by atoms with E-state index in [0.29, 0.717) is 11.1 Å². The summed E-state index contributed by atoms with van der Waals surface area (Å²) < 4.78 is 30.3. The third-order valence-electron chi connectivity index (χ3n) is 6.57. The number of nitrogens with one attached hydrogen (secondary N) is 1. The van der Waals surface area contributed by atoms with Crippen molar-refractivity contribution < 1.29 is 42.9 Å². The number of β-lactam (4-membered cyclic amide) rings is 1. The molecule has 2 aliphatic rings. The zero-order valence-corrected chi connectivity index (χ0v) is 22.5. The van der Waals surface area contributed by atoms with Gasteiger partial charge in [0.05, 0.1) is 23.5 Å². The number of esters is 2. The summed E-state index contributed by atoms with van der Waals surface area (Å²) in [4.78, 5) is 55.1. The van der Waals surface area contributed by atoms with Crippen molar-refractivity contribution in [2.45, 2.75) is 52.9 Å². The highest BCUT2D eigenvalue weighted by Gasteiger charge is 2.57. The molecule has 1 aromatic heterocycles. The normalized spacial score (nSPS) is 18.9. The van der Waals surface area contributed by atoms with Gasteiger partial charge in [0.2, 0.25) is 12.7 Å². The van der Waals surface area contributed by atoms with Gasteiger partial charge in [-0.15, -0.1) is 0 Å². The molecule has 0 radical (unpaired) electrons. The van der Waals surface area contributed by atoms with E-state index in [9.17, 15) is 24.3 Å². The molecule has 2 N–H and O–H groups in total. The zero-order valence-electron chi connectivity index (χ0n) is 22.5. The van der Waals surface area contributed by atoms with Gasteiger partial charge in [0.25, 0.3) is 0 Å². The molecule has 2 aromatic rings. The standard InChI is InChI=1S/C28H30FN3O8/c1-15(33)22-20-12-18(23(32(20)24(22)34)25(35)39-14-40-26(36)28(2,3)4)16-8-9-17(19(29)11-16)13-38-27(37)31-21-7-5-6-10-30-21/h5-11,15,20,22,33H,12-14H2,1-4H3,(H,30,31,37)/t15-,20-,22-/m1/s1. The molecule has 4 rings (SSSR count). The number of hydrogen-bond acceptors (Lipinski definition) is 9. The lowest BCUT2D eigenvalue weighted by Gasteiger charge is -2.44. The molecule has 1 saturated heterocycles. The molecular formula is C28H30FN3O8. The molecule has 12 heteroatoms. The van der Waals surface area contributed by atoms with Crippen LogP contribution < -0.4 is 5.32 Å². The topological polar surface area (TPSA) is 144 Å². The molecule has 3 heterocycles. The summed E-state index contributed by atoms with van der Waals surface area (Å²) >= 11 is 0. The van der Waals surface area contributed by atoms with E-state index in [0.717, 1.165) is 0 Å². The third-order valence-corrected chi connectivity index (χ3v) is 6.57. The van der Waals surface area contributed by atoms with Crippen molar-refractivity contribution in [3.05, 3.63) is 65.2 Å². The van der Waals surface area contributed by atoms with Gasteiger partial charge in [0, 0.05) is 11.8 Å². The fourth-order valence-electron chi connectivity index (χ4n) is 4.51. The second kappa shape index (κ2) is 11.4. The SMILES string of the molecule is C[C@@H](O)[C@H]1C(=O)N2C(C(=O)OCOC(=O)C(C)(C)C)=C(c3ccc(COC(=O)Nc4ccccn4)c(F)c3)C[C@H]12. The van der Waals surface area contributed by atoms with Crippen molar-refractivity contribution in [2.75, 3.05) is 12.1 Å². The quantitative estimate of drug-likeness (QED) is 0.284. The van der Waals surface area contributed by atoms with Gasteiger partial charge in [-0.25, -0.2) is 19.0 Å². The predicted molar refractivity (Wildman–Crippen MR) is 138 cm³/mol. The summed E-state index contributed by atoms with van der Waals surface area (Å²) in [5, 5.41) is 12.5.